The molecular formula is C3Cl2F5I. The van der Waals surface area contributed by atoms with Gasteiger partial charge in [-0.2, -0.15) is 17.6 Å². The Labute approximate surface area is 82.2 Å². The third kappa shape index (κ3) is 2.45. The number of halogens is 8. The fourth-order valence-electron chi connectivity index (χ4n) is 0.161. The summed E-state index contributed by atoms with van der Waals surface area (Å²) in [5, 5.41) is -9.37. The Kier molecular flexibility index (Phi) is 3.29. The Morgan fingerprint density at radius 2 is 1.18 bits per heavy atom. The zero-order chi connectivity index (χ0) is 9.50. The minimum atomic E-state index is -4.81. The molecule has 0 aliphatic rings. The van der Waals surface area contributed by atoms with Crippen molar-refractivity contribution in [1.29, 1.82) is 0 Å². The summed E-state index contributed by atoms with van der Waals surface area (Å²) < 4.78 is 55.2. The highest BCUT2D eigenvalue weighted by atomic mass is 127. The van der Waals surface area contributed by atoms with Gasteiger partial charge in [0, 0.05) is 22.6 Å². The molecule has 0 amide bonds. The van der Waals surface area contributed by atoms with Crippen LogP contribution in [0.25, 0.3) is 0 Å². The normalized spacial score (nSPS) is 19.6. The largest absolute Gasteiger partial charge is 0.376 e. The van der Waals surface area contributed by atoms with Crippen LogP contribution in [0.15, 0.2) is 0 Å². The lowest BCUT2D eigenvalue weighted by Crippen LogP contribution is -2.46. The highest BCUT2D eigenvalue weighted by Crippen LogP contribution is 2.52. The molecule has 1 atom stereocenters. The van der Waals surface area contributed by atoms with Crippen molar-refractivity contribution in [2.45, 2.75) is 14.4 Å². The second-order valence-electron chi connectivity index (χ2n) is 1.57. The molecule has 0 spiro atoms. The molecule has 1 unspecified atom stereocenters. The maximum atomic E-state index is 12.2. The van der Waals surface area contributed by atoms with Crippen molar-refractivity contribution in [2.24, 2.45) is 0 Å². The van der Waals surface area contributed by atoms with Crippen LogP contribution < -0.4 is 0 Å². The molecule has 0 fully saturated rings. The van der Waals surface area contributed by atoms with Crippen LogP contribution in [-0.2, 0) is 0 Å². The summed E-state index contributed by atoms with van der Waals surface area (Å²) in [6.07, 6.45) is 0. The molecule has 8 heteroatoms. The molecule has 0 heterocycles. The summed E-state index contributed by atoms with van der Waals surface area (Å²) in [6, 6.07) is 0. The Bertz CT molecular complexity index is 131. The van der Waals surface area contributed by atoms with Gasteiger partial charge in [0.1, 0.15) is 0 Å². The first-order valence-corrected chi connectivity index (χ1v) is 3.85. The molecule has 11 heavy (non-hydrogen) atoms. The molecule has 68 valence electrons. The molecule has 0 aromatic carbocycles. The monoisotopic (exact) mass is 328 g/mol. The highest BCUT2D eigenvalue weighted by molar-refractivity contribution is 14.1. The Morgan fingerprint density at radius 3 is 1.18 bits per heavy atom. The van der Waals surface area contributed by atoms with Gasteiger partial charge in [-0.05, 0) is 11.6 Å². The predicted octanol–water partition coefficient (Wildman–Crippen LogP) is 3.75. The van der Waals surface area contributed by atoms with Crippen LogP contribution in [0.3, 0.4) is 0 Å². The summed E-state index contributed by atoms with van der Waals surface area (Å²) in [5.41, 5.74) is 0. The zero-order valence-corrected chi connectivity index (χ0v) is 8.19. The van der Waals surface area contributed by atoms with Crippen molar-refractivity contribution in [3.05, 3.63) is 0 Å². The van der Waals surface area contributed by atoms with Crippen molar-refractivity contribution in [3.63, 3.8) is 0 Å². The Hall–Kier alpha value is 0.960. The van der Waals surface area contributed by atoms with E-state index in [9.17, 15) is 22.0 Å². The maximum Gasteiger partial charge on any atom is 0.376 e. The minimum Gasteiger partial charge on any atom is -0.210 e. The number of hydrogen-bond donors (Lipinski definition) is 0. The van der Waals surface area contributed by atoms with E-state index in [4.69, 9.17) is 0 Å². The first kappa shape index (κ1) is 12.0. The fourth-order valence-corrected chi connectivity index (χ4v) is 0.778. The second kappa shape index (κ2) is 3.02. The first-order chi connectivity index (χ1) is 4.50. The summed E-state index contributed by atoms with van der Waals surface area (Å²) in [7, 11) is 0. The Balaban J connectivity index is 4.75. The van der Waals surface area contributed by atoms with E-state index in [1.54, 1.807) is 0 Å². The molecule has 0 radical (unpaired) electrons. The van der Waals surface area contributed by atoms with Crippen molar-refractivity contribution in [1.82, 2.24) is 0 Å². The first-order valence-electron chi connectivity index (χ1n) is 2.01. The van der Waals surface area contributed by atoms with E-state index < -0.39 is 14.4 Å². The van der Waals surface area contributed by atoms with E-state index in [-0.39, 0.29) is 22.6 Å². The maximum absolute atomic E-state index is 12.2. The van der Waals surface area contributed by atoms with Gasteiger partial charge in [-0.25, -0.2) is 4.39 Å². The second-order valence-corrected chi connectivity index (χ2v) is 3.92. The van der Waals surface area contributed by atoms with Gasteiger partial charge in [0.05, 0.1) is 0 Å². The van der Waals surface area contributed by atoms with E-state index in [1.807, 2.05) is 0 Å². The van der Waals surface area contributed by atoms with Crippen LogP contribution >= 0.6 is 45.8 Å². The summed E-state index contributed by atoms with van der Waals surface area (Å²) >= 11 is 8.31. The van der Waals surface area contributed by atoms with Crippen LogP contribution in [0.5, 0.6) is 0 Å². The van der Waals surface area contributed by atoms with Gasteiger partial charge < -0.3 is 0 Å². The smallest absolute Gasteiger partial charge is 0.210 e. The SMILES string of the molecule is FC(F)(Cl)C(F)(Cl)C(F)(F)I. The average molecular weight is 329 g/mol. The van der Waals surface area contributed by atoms with Crippen molar-refractivity contribution < 1.29 is 22.0 Å². The van der Waals surface area contributed by atoms with Crippen LogP contribution in [0.4, 0.5) is 22.0 Å². The molecule has 0 aromatic heterocycles. The lowest BCUT2D eigenvalue weighted by molar-refractivity contribution is -0.109. The molecule has 0 aromatic rings. The third-order valence-corrected chi connectivity index (χ3v) is 2.61. The van der Waals surface area contributed by atoms with Gasteiger partial charge >= 0.3 is 14.4 Å². The minimum absolute atomic E-state index is 0.140. The van der Waals surface area contributed by atoms with E-state index in [1.165, 1.54) is 0 Å². The predicted molar refractivity (Wildman–Crippen MR) is 39.5 cm³/mol. The molecule has 0 nitrogen and oxygen atoms in total. The van der Waals surface area contributed by atoms with Gasteiger partial charge in [-0.15, -0.1) is 0 Å². The topological polar surface area (TPSA) is 0 Å². The van der Waals surface area contributed by atoms with Crippen molar-refractivity contribution in [3.8, 4) is 0 Å². The number of hydrogen-bond acceptors (Lipinski definition) is 0. The van der Waals surface area contributed by atoms with E-state index in [0.29, 0.717) is 0 Å². The van der Waals surface area contributed by atoms with Crippen LogP contribution in [-0.4, -0.2) is 14.4 Å². The molecule has 0 aliphatic heterocycles. The molecular weight excluding hydrogens is 329 g/mol. The van der Waals surface area contributed by atoms with Gasteiger partial charge in [0.2, 0.25) is 0 Å². The van der Waals surface area contributed by atoms with Crippen molar-refractivity contribution in [2.75, 3.05) is 0 Å². The molecule has 0 bridgehead atoms. The van der Waals surface area contributed by atoms with Crippen LogP contribution in [0.2, 0.25) is 0 Å². The van der Waals surface area contributed by atoms with E-state index in [0.717, 1.165) is 0 Å². The number of alkyl halides is 8. The molecule has 0 saturated heterocycles. The summed E-state index contributed by atoms with van der Waals surface area (Å²) in [4.78, 5) is 0. The fraction of sp³-hybridized carbons (Fsp3) is 1.00. The van der Waals surface area contributed by atoms with Gasteiger partial charge in [0.25, 0.3) is 0 Å². The standard InChI is InChI=1S/C3Cl2F5I/c4-1(6,2(5,7)8)3(9,10)11. The molecule has 0 aliphatic carbocycles. The number of rotatable bonds is 2. The zero-order valence-electron chi connectivity index (χ0n) is 4.52. The van der Waals surface area contributed by atoms with Gasteiger partial charge in [-0.3, -0.25) is 0 Å². The lowest BCUT2D eigenvalue weighted by atomic mass is 10.4. The summed E-state index contributed by atoms with van der Waals surface area (Å²) in [6.45, 7) is 0. The van der Waals surface area contributed by atoms with Gasteiger partial charge in [-0.1, -0.05) is 11.6 Å². The quantitative estimate of drug-likeness (QED) is 0.411. The highest BCUT2D eigenvalue weighted by Gasteiger charge is 2.67. The Morgan fingerprint density at radius 1 is 0.909 bits per heavy atom. The van der Waals surface area contributed by atoms with E-state index in [2.05, 4.69) is 23.2 Å². The average Bonchev–Trinajstić information content (AvgIpc) is 1.58. The van der Waals surface area contributed by atoms with Crippen molar-refractivity contribution >= 4 is 45.8 Å². The van der Waals surface area contributed by atoms with Crippen LogP contribution in [0, 0.1) is 0 Å². The third-order valence-electron chi connectivity index (χ3n) is 0.712. The summed E-state index contributed by atoms with van der Waals surface area (Å²) in [5.74, 6) is 0. The molecule has 0 saturated carbocycles. The lowest BCUT2D eigenvalue weighted by Gasteiger charge is -2.26. The molecule has 0 rings (SSSR count). The van der Waals surface area contributed by atoms with Crippen LogP contribution in [0.1, 0.15) is 0 Å². The molecule has 0 N–H and O–H groups in total. The van der Waals surface area contributed by atoms with Gasteiger partial charge in [0.15, 0.2) is 0 Å². The van der Waals surface area contributed by atoms with E-state index >= 15 is 0 Å².